The van der Waals surface area contributed by atoms with Crippen LogP contribution in [0.5, 0.6) is 0 Å². The van der Waals surface area contributed by atoms with Crippen LogP contribution in [0, 0.1) is 23.6 Å². The molecular weight excluding hydrogens is 614 g/mol. The molecule has 6 rings (SSSR count). The number of nitrogens with one attached hydrogen (secondary N) is 1. The third kappa shape index (κ3) is 7.37. The number of sulfone groups is 1. The van der Waals surface area contributed by atoms with E-state index in [9.17, 15) is 23.1 Å². The van der Waals surface area contributed by atoms with Gasteiger partial charge in [-0.3, -0.25) is 0 Å². The summed E-state index contributed by atoms with van der Waals surface area (Å²) in [6.45, 7) is 11.4. The number of aliphatic carboxylic acids is 1. The Kier molecular flexibility index (Phi) is 9.16. The van der Waals surface area contributed by atoms with Gasteiger partial charge in [0.15, 0.2) is 0 Å². The van der Waals surface area contributed by atoms with Crippen molar-refractivity contribution in [3.63, 3.8) is 0 Å². The Morgan fingerprint density at radius 2 is 1.53 bits per heavy atom. The molecule has 2 aromatic carbocycles. The maximum atomic E-state index is 15.2. The van der Waals surface area contributed by atoms with Gasteiger partial charge >= 0.3 is 12.1 Å². The van der Waals surface area contributed by atoms with Crippen LogP contribution in [0.3, 0.4) is 0 Å². The maximum absolute atomic E-state index is 15.2. The third-order valence-corrected chi connectivity index (χ3v) is 12.4. The molecule has 10 heteroatoms. The van der Waals surface area contributed by atoms with E-state index in [1.807, 2.05) is 12.1 Å². The number of hydrogen-bond acceptors (Lipinski definition) is 6. The van der Waals surface area contributed by atoms with Gasteiger partial charge in [-0.1, -0.05) is 32.9 Å². The number of thioether (sulfide) groups is 1. The molecule has 0 aliphatic heterocycles. The standard InChI is InChI=1S/C35H46FNO6S2/c1-33(2,3)28-14-25(9-10-27(28)35-16-21-11-22(17-35)13-23(12-21)18-35)45(41,42)26-8-7-24(29(36)15-26)19-44-20-30(31(38)39)37-32(40)43-34(4,5)6/h7-10,14-15,21-23,30H,11-13,16-20H2,1-6H3,(H,37,40)(H,38,39). The molecule has 0 aromatic heterocycles. The van der Waals surface area contributed by atoms with Crippen molar-refractivity contribution in [2.24, 2.45) is 17.8 Å². The Balaban J connectivity index is 1.32. The first-order valence-electron chi connectivity index (χ1n) is 15.8. The second kappa shape index (κ2) is 12.2. The molecule has 7 nitrogen and oxygen atoms in total. The Morgan fingerprint density at radius 1 is 0.978 bits per heavy atom. The molecule has 0 saturated heterocycles. The average Bonchev–Trinajstić information content (AvgIpc) is 2.90. The van der Waals surface area contributed by atoms with Gasteiger partial charge in [0.2, 0.25) is 9.84 Å². The highest BCUT2D eigenvalue weighted by Gasteiger charge is 2.52. The van der Waals surface area contributed by atoms with Crippen molar-refractivity contribution in [2.75, 3.05) is 5.75 Å². The van der Waals surface area contributed by atoms with Crippen molar-refractivity contribution in [3.8, 4) is 0 Å². The molecule has 4 aliphatic carbocycles. The van der Waals surface area contributed by atoms with Crippen molar-refractivity contribution >= 4 is 33.7 Å². The zero-order chi connectivity index (χ0) is 32.9. The third-order valence-electron chi connectivity index (χ3n) is 9.58. The molecular formula is C35H46FNO6S2. The number of halogens is 1. The van der Waals surface area contributed by atoms with Gasteiger partial charge in [0, 0.05) is 11.5 Å². The van der Waals surface area contributed by atoms with Crippen LogP contribution in [0.1, 0.15) is 96.8 Å². The SMILES string of the molecule is CC(C)(C)OC(=O)NC(CSCc1ccc(S(=O)(=O)c2ccc(C34CC5CC(CC(C5)C3)C4)c(C(C)(C)C)c2)cc1F)C(=O)O. The summed E-state index contributed by atoms with van der Waals surface area (Å²) in [5, 5.41) is 11.8. The first-order valence-corrected chi connectivity index (χ1v) is 18.5. The Bertz CT molecular complexity index is 1540. The van der Waals surface area contributed by atoms with E-state index in [1.54, 1.807) is 26.8 Å². The fraction of sp³-hybridized carbons (Fsp3) is 0.600. The van der Waals surface area contributed by atoms with Crippen molar-refractivity contribution in [1.29, 1.82) is 0 Å². The fourth-order valence-electron chi connectivity index (χ4n) is 8.07. The van der Waals surface area contributed by atoms with E-state index in [1.165, 1.54) is 56.2 Å². The maximum Gasteiger partial charge on any atom is 0.408 e. The van der Waals surface area contributed by atoms with Crippen molar-refractivity contribution in [1.82, 2.24) is 5.32 Å². The van der Waals surface area contributed by atoms with Gasteiger partial charge in [-0.05, 0) is 129 Å². The minimum atomic E-state index is -3.99. The lowest BCUT2D eigenvalue weighted by molar-refractivity contribution is -0.138. The molecule has 0 spiro atoms. The lowest BCUT2D eigenvalue weighted by atomic mass is 9.47. The van der Waals surface area contributed by atoms with E-state index in [0.717, 1.165) is 41.1 Å². The largest absolute Gasteiger partial charge is 0.480 e. The molecule has 246 valence electrons. The van der Waals surface area contributed by atoms with Crippen LogP contribution in [0.15, 0.2) is 46.2 Å². The minimum Gasteiger partial charge on any atom is -0.480 e. The van der Waals surface area contributed by atoms with Crippen LogP contribution in [0.2, 0.25) is 0 Å². The molecule has 4 saturated carbocycles. The van der Waals surface area contributed by atoms with Gasteiger partial charge in [0.05, 0.1) is 9.79 Å². The number of carboxylic acids is 1. The van der Waals surface area contributed by atoms with Gasteiger partial charge in [-0.25, -0.2) is 22.4 Å². The van der Waals surface area contributed by atoms with Crippen LogP contribution in [0.25, 0.3) is 0 Å². The normalized spacial score (nSPS) is 25.2. The van der Waals surface area contributed by atoms with Crippen molar-refractivity contribution < 1.29 is 32.2 Å². The highest BCUT2D eigenvalue weighted by atomic mass is 32.2. The first kappa shape index (κ1) is 33.8. The number of carboxylic acid groups (broad SMARTS) is 1. The molecule has 0 heterocycles. The van der Waals surface area contributed by atoms with Gasteiger partial charge in [-0.2, -0.15) is 11.8 Å². The summed E-state index contributed by atoms with van der Waals surface area (Å²) in [6, 6.07) is 8.24. The number of carbonyl (C=O) groups is 2. The van der Waals surface area contributed by atoms with Crippen molar-refractivity contribution in [3.05, 3.63) is 58.9 Å². The summed E-state index contributed by atoms with van der Waals surface area (Å²) in [5.74, 6) is 0.450. The van der Waals surface area contributed by atoms with Crippen LogP contribution in [0.4, 0.5) is 9.18 Å². The molecule has 4 aliphatic rings. The Morgan fingerprint density at radius 3 is 2.04 bits per heavy atom. The average molecular weight is 660 g/mol. The van der Waals surface area contributed by atoms with E-state index in [-0.39, 0.29) is 37.7 Å². The fourth-order valence-corrected chi connectivity index (χ4v) is 10.4. The van der Waals surface area contributed by atoms with Gasteiger partial charge in [0.25, 0.3) is 0 Å². The summed E-state index contributed by atoms with van der Waals surface area (Å²) in [4.78, 5) is 23.7. The predicted molar refractivity (Wildman–Crippen MR) is 174 cm³/mol. The molecule has 4 bridgehead atoms. The molecule has 1 amide bonds. The van der Waals surface area contributed by atoms with Gasteiger partial charge < -0.3 is 15.2 Å². The zero-order valence-corrected chi connectivity index (χ0v) is 28.7. The molecule has 4 fully saturated rings. The molecule has 1 unspecified atom stereocenters. The number of amides is 1. The van der Waals surface area contributed by atoms with Crippen LogP contribution >= 0.6 is 11.8 Å². The summed E-state index contributed by atoms with van der Waals surface area (Å²) in [6.07, 6.45) is 6.70. The van der Waals surface area contributed by atoms with E-state index in [0.29, 0.717) is 0 Å². The number of alkyl carbamates (subject to hydrolysis) is 1. The molecule has 2 aromatic rings. The number of rotatable bonds is 9. The molecule has 2 N–H and O–H groups in total. The quantitative estimate of drug-likeness (QED) is 0.285. The van der Waals surface area contributed by atoms with E-state index in [4.69, 9.17) is 4.74 Å². The number of hydrogen-bond donors (Lipinski definition) is 2. The lowest BCUT2D eigenvalue weighted by Gasteiger charge is -2.58. The smallest absolute Gasteiger partial charge is 0.408 e. The lowest BCUT2D eigenvalue weighted by Crippen LogP contribution is -2.49. The first-order chi connectivity index (χ1) is 20.9. The molecule has 0 radical (unpaired) electrons. The number of ether oxygens (including phenoxy) is 1. The number of carbonyl (C=O) groups excluding carboxylic acids is 1. The molecule has 45 heavy (non-hydrogen) atoms. The monoisotopic (exact) mass is 659 g/mol. The van der Waals surface area contributed by atoms with Gasteiger partial charge in [0.1, 0.15) is 17.5 Å². The summed E-state index contributed by atoms with van der Waals surface area (Å²) < 4.78 is 48.0. The van der Waals surface area contributed by atoms with Crippen LogP contribution in [-0.4, -0.2) is 43.0 Å². The zero-order valence-electron chi connectivity index (χ0n) is 27.1. The highest BCUT2D eigenvalue weighted by molar-refractivity contribution is 7.98. The summed E-state index contributed by atoms with van der Waals surface area (Å²) in [7, 11) is -3.99. The Hall–Kier alpha value is -2.59. The second-order valence-corrected chi connectivity index (χ2v) is 18.4. The van der Waals surface area contributed by atoms with Crippen LogP contribution < -0.4 is 5.32 Å². The van der Waals surface area contributed by atoms with Crippen LogP contribution in [-0.2, 0) is 36.0 Å². The second-order valence-electron chi connectivity index (χ2n) is 15.5. The van der Waals surface area contributed by atoms with Gasteiger partial charge in [-0.15, -0.1) is 0 Å². The topological polar surface area (TPSA) is 110 Å². The summed E-state index contributed by atoms with van der Waals surface area (Å²) >= 11 is 1.12. The highest BCUT2D eigenvalue weighted by Crippen LogP contribution is 2.61. The molecule has 1 atom stereocenters. The Labute approximate surface area is 271 Å². The van der Waals surface area contributed by atoms with E-state index in [2.05, 4.69) is 26.1 Å². The number of benzene rings is 2. The van der Waals surface area contributed by atoms with E-state index >= 15 is 4.39 Å². The van der Waals surface area contributed by atoms with E-state index < -0.39 is 39.4 Å². The van der Waals surface area contributed by atoms with Crippen molar-refractivity contribution in [2.45, 2.75) is 118 Å². The minimum absolute atomic E-state index is 0.0280. The summed E-state index contributed by atoms with van der Waals surface area (Å²) in [5.41, 5.74) is 1.68. The predicted octanol–water partition coefficient (Wildman–Crippen LogP) is 7.63.